The number of rotatable bonds is 5. The summed E-state index contributed by atoms with van der Waals surface area (Å²) in [4.78, 5) is 24.8. The fraction of sp³-hybridized carbons (Fsp3) is 0.571. The number of nitrogens with zero attached hydrogens (tertiary/aromatic N) is 2. The van der Waals surface area contributed by atoms with Crippen molar-refractivity contribution in [3.05, 3.63) is 17.4 Å². The number of hydrogen-bond acceptors (Lipinski definition) is 6. The zero-order valence-corrected chi connectivity index (χ0v) is 14.5. The number of aliphatic carboxylic acids is 1. The minimum absolute atomic E-state index is 0.130. The highest BCUT2D eigenvalue weighted by Gasteiger charge is 2.31. The van der Waals surface area contributed by atoms with Gasteiger partial charge in [0.05, 0.1) is 24.7 Å². The Morgan fingerprint density at radius 3 is 2.67 bits per heavy atom. The van der Waals surface area contributed by atoms with Crippen LogP contribution in [-0.4, -0.2) is 74.5 Å². The van der Waals surface area contributed by atoms with Crippen molar-refractivity contribution in [2.45, 2.75) is 24.5 Å². The summed E-state index contributed by atoms with van der Waals surface area (Å²) >= 11 is 0. The molecular weight excluding hydrogens is 340 g/mol. The number of aryl methyl sites for hydroxylation is 1. The molecule has 1 aromatic rings. The van der Waals surface area contributed by atoms with E-state index in [0.717, 1.165) is 4.31 Å². The van der Waals surface area contributed by atoms with Gasteiger partial charge in [0.15, 0.2) is 0 Å². The van der Waals surface area contributed by atoms with E-state index in [1.165, 1.54) is 32.0 Å². The average molecular weight is 360 g/mol. The minimum Gasteiger partial charge on any atom is -0.481 e. The van der Waals surface area contributed by atoms with Gasteiger partial charge >= 0.3 is 5.97 Å². The smallest absolute Gasteiger partial charge is 0.306 e. The van der Waals surface area contributed by atoms with Gasteiger partial charge in [0.25, 0.3) is 15.9 Å². The van der Waals surface area contributed by atoms with Crippen LogP contribution in [0.2, 0.25) is 0 Å². The van der Waals surface area contributed by atoms with Crippen LogP contribution in [0.15, 0.2) is 15.6 Å². The molecule has 0 saturated carbocycles. The lowest BCUT2D eigenvalue weighted by Crippen LogP contribution is -2.46. The van der Waals surface area contributed by atoms with Crippen LogP contribution < -0.4 is 0 Å². The van der Waals surface area contributed by atoms with E-state index in [1.54, 1.807) is 0 Å². The van der Waals surface area contributed by atoms with Gasteiger partial charge in [-0.25, -0.2) is 12.7 Å². The third kappa shape index (κ3) is 3.77. The number of amides is 1. The summed E-state index contributed by atoms with van der Waals surface area (Å²) in [5, 5.41) is 8.52. The second-order valence-corrected chi connectivity index (χ2v) is 7.75. The summed E-state index contributed by atoms with van der Waals surface area (Å²) < 4.78 is 35.7. The van der Waals surface area contributed by atoms with E-state index >= 15 is 0 Å². The number of morpholine rings is 1. The second kappa shape index (κ2) is 6.91. The summed E-state index contributed by atoms with van der Waals surface area (Å²) in [7, 11) is -1.04. The van der Waals surface area contributed by atoms with Crippen LogP contribution in [0.3, 0.4) is 0 Å². The van der Waals surface area contributed by atoms with E-state index in [0.29, 0.717) is 6.54 Å². The first-order valence-electron chi connectivity index (χ1n) is 7.28. The van der Waals surface area contributed by atoms with E-state index in [1.807, 2.05) is 0 Å². The topological polar surface area (TPSA) is 117 Å². The second-order valence-electron chi connectivity index (χ2n) is 5.66. The first kappa shape index (κ1) is 18.4. The Bertz CT molecular complexity index is 738. The number of carboxylic acids is 1. The third-order valence-corrected chi connectivity index (χ3v) is 5.36. The maximum absolute atomic E-state index is 12.6. The first-order chi connectivity index (χ1) is 11.1. The predicted octanol–water partition coefficient (Wildman–Crippen LogP) is 0.154. The summed E-state index contributed by atoms with van der Waals surface area (Å²) in [6, 6.07) is 1.20. The molecule has 0 aliphatic carbocycles. The van der Waals surface area contributed by atoms with Gasteiger partial charge in [-0.1, -0.05) is 0 Å². The quantitative estimate of drug-likeness (QED) is 0.794. The van der Waals surface area contributed by atoms with Crippen LogP contribution >= 0.6 is 0 Å². The van der Waals surface area contributed by atoms with Gasteiger partial charge in [-0.3, -0.25) is 9.59 Å². The Labute approximate surface area is 139 Å². The van der Waals surface area contributed by atoms with E-state index in [2.05, 4.69) is 0 Å². The summed E-state index contributed by atoms with van der Waals surface area (Å²) in [6.45, 7) is 2.17. The molecular formula is C14H20N2O7S. The molecule has 1 saturated heterocycles. The van der Waals surface area contributed by atoms with Crippen LogP contribution in [0, 0.1) is 6.92 Å². The number of carbonyl (C=O) groups is 2. The molecule has 24 heavy (non-hydrogen) atoms. The van der Waals surface area contributed by atoms with Crippen molar-refractivity contribution < 1.29 is 32.3 Å². The summed E-state index contributed by atoms with van der Waals surface area (Å²) in [5.41, 5.74) is 0.145. The number of carbonyl (C=O) groups excluding carboxylic acids is 1. The van der Waals surface area contributed by atoms with E-state index in [4.69, 9.17) is 14.3 Å². The van der Waals surface area contributed by atoms with Crippen molar-refractivity contribution in [1.82, 2.24) is 9.21 Å². The molecule has 0 aromatic carbocycles. The lowest BCUT2D eigenvalue weighted by molar-refractivity contribution is -0.141. The molecule has 134 valence electrons. The average Bonchev–Trinajstić information content (AvgIpc) is 2.88. The molecule has 0 bridgehead atoms. The molecule has 1 aliphatic rings. The maximum Gasteiger partial charge on any atom is 0.306 e. The van der Waals surface area contributed by atoms with Gasteiger partial charge in [-0.2, -0.15) is 0 Å². The molecule has 2 heterocycles. The fourth-order valence-electron chi connectivity index (χ4n) is 2.37. The molecule has 1 amide bonds. The molecule has 9 nitrogen and oxygen atoms in total. The number of hydrogen-bond donors (Lipinski definition) is 1. The maximum atomic E-state index is 12.6. The number of sulfonamides is 1. The Morgan fingerprint density at radius 2 is 2.08 bits per heavy atom. The van der Waals surface area contributed by atoms with E-state index < -0.39 is 28.0 Å². The van der Waals surface area contributed by atoms with Crippen LogP contribution in [0.5, 0.6) is 0 Å². The van der Waals surface area contributed by atoms with Gasteiger partial charge in [0.1, 0.15) is 5.76 Å². The van der Waals surface area contributed by atoms with Crippen molar-refractivity contribution in [3.63, 3.8) is 0 Å². The first-order valence-corrected chi connectivity index (χ1v) is 8.72. The molecule has 1 unspecified atom stereocenters. The molecule has 1 atom stereocenters. The highest BCUT2D eigenvalue weighted by molar-refractivity contribution is 7.88. The van der Waals surface area contributed by atoms with Crippen LogP contribution in [0.4, 0.5) is 0 Å². The SMILES string of the molecule is Cc1oc(S(=O)(=O)N(C)C)cc1C(=O)N1CCOC(CC(=O)O)C1. The predicted molar refractivity (Wildman–Crippen MR) is 82.2 cm³/mol. The highest BCUT2D eigenvalue weighted by atomic mass is 32.2. The third-order valence-electron chi connectivity index (χ3n) is 3.69. The Hall–Kier alpha value is -1.91. The van der Waals surface area contributed by atoms with Gasteiger partial charge < -0.3 is 19.2 Å². The lowest BCUT2D eigenvalue weighted by Gasteiger charge is -2.32. The highest BCUT2D eigenvalue weighted by Crippen LogP contribution is 2.23. The fourth-order valence-corrected chi connectivity index (χ4v) is 3.22. The van der Waals surface area contributed by atoms with Crippen molar-refractivity contribution in [3.8, 4) is 0 Å². The van der Waals surface area contributed by atoms with Gasteiger partial charge in [0, 0.05) is 33.3 Å². The largest absolute Gasteiger partial charge is 0.481 e. The molecule has 1 N–H and O–H groups in total. The number of ether oxygens (including phenoxy) is 1. The van der Waals surface area contributed by atoms with Crippen molar-refractivity contribution >= 4 is 21.9 Å². The Morgan fingerprint density at radius 1 is 1.42 bits per heavy atom. The zero-order valence-electron chi connectivity index (χ0n) is 13.7. The minimum atomic E-state index is -3.78. The zero-order chi connectivity index (χ0) is 18.1. The summed E-state index contributed by atoms with van der Waals surface area (Å²) in [5.74, 6) is -1.22. The standard InChI is InChI=1S/C14H20N2O7S/c1-9-11(7-13(23-9)24(20,21)15(2)3)14(19)16-4-5-22-10(8-16)6-12(17)18/h7,10H,4-6,8H2,1-3H3,(H,17,18). The Kier molecular flexibility index (Phi) is 5.31. The molecule has 1 aromatic heterocycles. The van der Waals surface area contributed by atoms with Gasteiger partial charge in [0.2, 0.25) is 5.09 Å². The van der Waals surface area contributed by atoms with E-state index in [9.17, 15) is 18.0 Å². The van der Waals surface area contributed by atoms with Crippen molar-refractivity contribution in [2.75, 3.05) is 33.8 Å². The van der Waals surface area contributed by atoms with Crippen LogP contribution in [-0.2, 0) is 19.6 Å². The van der Waals surface area contributed by atoms with E-state index in [-0.39, 0.29) is 36.0 Å². The van der Waals surface area contributed by atoms with Gasteiger partial charge in [-0.15, -0.1) is 0 Å². The Balaban J connectivity index is 2.21. The molecule has 0 spiro atoms. The summed E-state index contributed by atoms with van der Waals surface area (Å²) in [6.07, 6.45) is -0.786. The molecule has 1 fully saturated rings. The molecule has 1 aliphatic heterocycles. The lowest BCUT2D eigenvalue weighted by atomic mass is 10.1. The van der Waals surface area contributed by atoms with Gasteiger partial charge in [-0.05, 0) is 6.92 Å². The monoisotopic (exact) mass is 360 g/mol. The molecule has 2 rings (SSSR count). The van der Waals surface area contributed by atoms with Crippen LogP contribution in [0.1, 0.15) is 22.5 Å². The van der Waals surface area contributed by atoms with Crippen LogP contribution in [0.25, 0.3) is 0 Å². The van der Waals surface area contributed by atoms with Crippen molar-refractivity contribution in [2.24, 2.45) is 0 Å². The molecule has 0 radical (unpaired) electrons. The molecule has 10 heteroatoms. The normalized spacial score (nSPS) is 18.8. The number of carboxylic acid groups (broad SMARTS) is 1. The number of furan rings is 1. The van der Waals surface area contributed by atoms with Crippen molar-refractivity contribution in [1.29, 1.82) is 0 Å².